The standard InChI is InChI=1S/C24H23ClF3N5OS/c25-17-10-15(26)5-6-16(17)21-20(14-11-30-33(12-14)24(27)28)18(9-13-3-1-2-4-19(13)34)31-22(32-21)23-29-7-8-35-23/h5-8,10-13,19,21,24,34H,1-4,9H2,(H,31,32)/t13?,19?,21-/m0/s1. The minimum absolute atomic E-state index is 0.00798. The highest BCUT2D eigenvalue weighted by atomic mass is 35.5. The predicted octanol–water partition coefficient (Wildman–Crippen LogP) is 5.97. The number of halogens is 4. The van der Waals surface area contributed by atoms with Crippen LogP contribution < -0.4 is 5.32 Å². The summed E-state index contributed by atoms with van der Waals surface area (Å²) < 4.78 is 41.2. The molecule has 3 heterocycles. The molecule has 11 heteroatoms. The number of aromatic nitrogens is 3. The second-order valence-corrected chi connectivity index (χ2v) is 10.0. The highest BCUT2D eigenvalue weighted by molar-refractivity contribution is 7.11. The van der Waals surface area contributed by atoms with Gasteiger partial charge in [-0.25, -0.2) is 14.1 Å². The van der Waals surface area contributed by atoms with Crippen molar-refractivity contribution < 1.29 is 18.3 Å². The third-order valence-corrected chi connectivity index (χ3v) is 7.57. The molecule has 1 fully saturated rings. The maximum Gasteiger partial charge on any atom is 0.333 e. The molecule has 1 saturated carbocycles. The number of aliphatic imine (C=N–C) groups is 1. The van der Waals surface area contributed by atoms with Gasteiger partial charge in [-0.05, 0) is 42.9 Å². The van der Waals surface area contributed by atoms with Gasteiger partial charge in [0, 0.05) is 39.6 Å². The first-order valence-corrected chi connectivity index (χ1v) is 12.6. The van der Waals surface area contributed by atoms with Crippen molar-refractivity contribution >= 4 is 34.3 Å². The number of hydrogen-bond donors (Lipinski definition) is 2. The molecule has 0 saturated heterocycles. The fourth-order valence-corrected chi connectivity index (χ4v) is 5.62. The normalized spacial score (nSPS) is 22.9. The van der Waals surface area contributed by atoms with Gasteiger partial charge in [-0.15, -0.1) is 11.3 Å². The Balaban J connectivity index is 1.67. The van der Waals surface area contributed by atoms with E-state index in [0.717, 1.165) is 31.4 Å². The van der Waals surface area contributed by atoms with Crippen LogP contribution in [0.1, 0.15) is 60.8 Å². The largest absolute Gasteiger partial charge is 0.393 e. The molecule has 1 aromatic carbocycles. The zero-order valence-corrected chi connectivity index (χ0v) is 20.1. The molecule has 2 aromatic heterocycles. The number of alkyl halides is 2. The lowest BCUT2D eigenvalue weighted by Crippen LogP contribution is -2.34. The van der Waals surface area contributed by atoms with Crippen LogP contribution in [-0.4, -0.2) is 31.8 Å². The molecule has 6 nitrogen and oxygen atoms in total. The summed E-state index contributed by atoms with van der Waals surface area (Å²) in [6, 6.07) is 3.35. The monoisotopic (exact) mass is 521 g/mol. The summed E-state index contributed by atoms with van der Waals surface area (Å²) in [4.78, 5) is 9.23. The Hall–Kier alpha value is -2.69. The number of hydrogen-bond acceptors (Lipinski definition) is 6. The second-order valence-electron chi connectivity index (χ2n) is 8.70. The number of allylic oxidation sites excluding steroid dienone is 1. The van der Waals surface area contributed by atoms with Crippen molar-refractivity contribution in [3.63, 3.8) is 0 Å². The van der Waals surface area contributed by atoms with E-state index in [9.17, 15) is 18.3 Å². The average Bonchev–Trinajstić information content (AvgIpc) is 3.53. The molecule has 1 aliphatic heterocycles. The third-order valence-electron chi connectivity index (χ3n) is 6.47. The SMILES string of the molecule is OC1CCCCC1CC1=C(c2cnn(C(F)F)c2)[C@H](c2ccc(F)cc2Cl)N=C(c2nccs2)N1. The number of amidine groups is 1. The van der Waals surface area contributed by atoms with E-state index in [-0.39, 0.29) is 10.9 Å². The molecular formula is C24H23ClF3N5OS. The van der Waals surface area contributed by atoms with Crippen molar-refractivity contribution in [1.82, 2.24) is 20.1 Å². The fraction of sp³-hybridized carbons (Fsp3) is 0.375. The minimum Gasteiger partial charge on any atom is -0.393 e. The van der Waals surface area contributed by atoms with Crippen LogP contribution in [0.15, 0.2) is 52.9 Å². The highest BCUT2D eigenvalue weighted by Crippen LogP contribution is 2.43. The summed E-state index contributed by atoms with van der Waals surface area (Å²) in [7, 11) is 0. The van der Waals surface area contributed by atoms with Crippen molar-refractivity contribution in [2.75, 3.05) is 0 Å². The zero-order chi connectivity index (χ0) is 24.5. The number of aliphatic hydroxyl groups excluding tert-OH is 1. The predicted molar refractivity (Wildman–Crippen MR) is 129 cm³/mol. The van der Waals surface area contributed by atoms with Crippen LogP contribution in [-0.2, 0) is 0 Å². The van der Waals surface area contributed by atoms with Gasteiger partial charge in [0.15, 0.2) is 10.8 Å². The molecule has 3 atom stereocenters. The first kappa shape index (κ1) is 24.0. The maximum absolute atomic E-state index is 13.9. The first-order valence-electron chi connectivity index (χ1n) is 11.3. The van der Waals surface area contributed by atoms with Gasteiger partial charge < -0.3 is 10.4 Å². The summed E-state index contributed by atoms with van der Waals surface area (Å²) >= 11 is 7.86. The third kappa shape index (κ3) is 5.00. The quantitative estimate of drug-likeness (QED) is 0.419. The lowest BCUT2D eigenvalue weighted by atomic mass is 9.81. The van der Waals surface area contributed by atoms with Crippen molar-refractivity contribution in [3.05, 3.63) is 74.8 Å². The Labute approximate surface area is 209 Å². The van der Waals surface area contributed by atoms with E-state index < -0.39 is 24.5 Å². The molecule has 184 valence electrons. The summed E-state index contributed by atoms with van der Waals surface area (Å²) in [6.45, 7) is -2.80. The molecule has 0 bridgehead atoms. The molecule has 5 rings (SSSR count). The lowest BCUT2D eigenvalue weighted by Gasteiger charge is -2.33. The van der Waals surface area contributed by atoms with E-state index in [2.05, 4.69) is 15.4 Å². The van der Waals surface area contributed by atoms with Crippen LogP contribution >= 0.6 is 22.9 Å². The Bertz CT molecular complexity index is 1260. The van der Waals surface area contributed by atoms with Crippen LogP contribution in [0.25, 0.3) is 5.57 Å². The van der Waals surface area contributed by atoms with Gasteiger partial charge >= 0.3 is 6.55 Å². The average molecular weight is 522 g/mol. The molecule has 35 heavy (non-hydrogen) atoms. The van der Waals surface area contributed by atoms with Gasteiger partial charge in [-0.3, -0.25) is 4.99 Å². The van der Waals surface area contributed by atoms with Gasteiger partial charge in [0.05, 0.1) is 12.3 Å². The van der Waals surface area contributed by atoms with Crippen molar-refractivity contribution in [1.29, 1.82) is 0 Å². The molecule has 3 aromatic rings. The van der Waals surface area contributed by atoms with Crippen LogP contribution in [0, 0.1) is 11.7 Å². The van der Waals surface area contributed by atoms with E-state index in [4.69, 9.17) is 16.6 Å². The molecule has 2 N–H and O–H groups in total. The number of rotatable bonds is 6. The van der Waals surface area contributed by atoms with E-state index in [1.165, 1.54) is 35.9 Å². The number of benzene rings is 1. The highest BCUT2D eigenvalue weighted by Gasteiger charge is 2.33. The van der Waals surface area contributed by atoms with Crippen LogP contribution in [0.3, 0.4) is 0 Å². The van der Waals surface area contributed by atoms with Gasteiger partial charge in [0.2, 0.25) is 0 Å². The zero-order valence-electron chi connectivity index (χ0n) is 18.5. The topological polar surface area (TPSA) is 75.3 Å². The maximum atomic E-state index is 13.9. The van der Waals surface area contributed by atoms with Gasteiger partial charge in [-0.1, -0.05) is 30.5 Å². The number of nitrogens with zero attached hydrogens (tertiary/aromatic N) is 4. The second kappa shape index (κ2) is 10.1. The summed E-state index contributed by atoms with van der Waals surface area (Å²) in [5, 5.41) is 20.5. The van der Waals surface area contributed by atoms with Gasteiger partial charge in [0.25, 0.3) is 0 Å². The summed E-state index contributed by atoms with van der Waals surface area (Å²) in [5.41, 5.74) is 2.33. The van der Waals surface area contributed by atoms with Gasteiger partial charge in [-0.2, -0.15) is 13.9 Å². The van der Waals surface area contributed by atoms with Crippen LogP contribution in [0.2, 0.25) is 5.02 Å². The van der Waals surface area contributed by atoms with Crippen molar-refractivity contribution in [2.45, 2.75) is 50.8 Å². The van der Waals surface area contributed by atoms with Gasteiger partial charge in [0.1, 0.15) is 11.9 Å². The first-order chi connectivity index (χ1) is 16.9. The number of nitrogens with one attached hydrogen (secondary N) is 1. The Morgan fingerprint density at radius 1 is 1.26 bits per heavy atom. The Kier molecular flexibility index (Phi) is 6.95. The molecule has 2 unspecified atom stereocenters. The van der Waals surface area contributed by atoms with Crippen LogP contribution in [0.4, 0.5) is 13.2 Å². The van der Waals surface area contributed by atoms with E-state index >= 15 is 0 Å². The molecule has 0 spiro atoms. The van der Waals surface area contributed by atoms with E-state index in [1.807, 2.05) is 5.38 Å². The van der Waals surface area contributed by atoms with Crippen molar-refractivity contribution in [3.8, 4) is 0 Å². The molecule has 0 amide bonds. The van der Waals surface area contributed by atoms with Crippen LogP contribution in [0.5, 0.6) is 0 Å². The molecule has 0 radical (unpaired) electrons. The summed E-state index contributed by atoms with van der Waals surface area (Å²) in [5.74, 6) is 0.0143. The van der Waals surface area contributed by atoms with E-state index in [0.29, 0.717) is 38.6 Å². The number of aliphatic hydroxyl groups is 1. The summed E-state index contributed by atoms with van der Waals surface area (Å²) in [6.07, 6.45) is 7.88. The Morgan fingerprint density at radius 2 is 2.09 bits per heavy atom. The Morgan fingerprint density at radius 3 is 2.77 bits per heavy atom. The fourth-order valence-electron chi connectivity index (χ4n) is 4.76. The molecular weight excluding hydrogens is 499 g/mol. The molecule has 2 aliphatic rings. The minimum atomic E-state index is -2.80. The number of thiazole rings is 1. The smallest absolute Gasteiger partial charge is 0.333 e. The lowest BCUT2D eigenvalue weighted by molar-refractivity contribution is 0.0566. The molecule has 1 aliphatic carbocycles. The van der Waals surface area contributed by atoms with Crippen molar-refractivity contribution in [2.24, 2.45) is 10.9 Å². The van der Waals surface area contributed by atoms with E-state index in [1.54, 1.807) is 12.3 Å².